The number of hydrogen-bond acceptors (Lipinski definition) is 7. The molecule has 108 valence electrons. The first kappa shape index (κ1) is 15.7. The zero-order chi connectivity index (χ0) is 14.3. The van der Waals surface area contributed by atoms with Crippen LogP contribution in [0.5, 0.6) is 0 Å². The number of carbonyl (C=O) groups excluding carboxylic acids is 1. The average Bonchev–Trinajstić information content (AvgIpc) is 2.76. The fourth-order valence-corrected chi connectivity index (χ4v) is 2.28. The van der Waals surface area contributed by atoms with E-state index in [1.54, 1.807) is 19.1 Å². The second kappa shape index (κ2) is 7.93. The molecule has 8 heteroatoms. The van der Waals surface area contributed by atoms with E-state index in [2.05, 4.69) is 15.6 Å². The van der Waals surface area contributed by atoms with Crippen LogP contribution in [0.25, 0.3) is 0 Å². The van der Waals surface area contributed by atoms with E-state index in [4.69, 9.17) is 10.5 Å². The van der Waals surface area contributed by atoms with Crippen molar-refractivity contribution in [3.63, 3.8) is 0 Å². The quantitative estimate of drug-likeness (QED) is 0.586. The molecule has 0 spiro atoms. The predicted molar refractivity (Wildman–Crippen MR) is 77.8 cm³/mol. The number of anilines is 2. The van der Waals surface area contributed by atoms with Gasteiger partial charge in [-0.1, -0.05) is 11.3 Å². The zero-order valence-electron chi connectivity index (χ0n) is 11.5. The number of methoxy groups -OCH3 is 1. The lowest BCUT2D eigenvalue weighted by molar-refractivity contribution is 0.0802. The van der Waals surface area contributed by atoms with E-state index in [1.807, 2.05) is 7.05 Å². The number of ether oxygens (including phenoxy) is 1. The first-order chi connectivity index (χ1) is 9.10. The van der Waals surface area contributed by atoms with Gasteiger partial charge in [0.25, 0.3) is 5.91 Å². The fraction of sp³-hybridized carbons (Fsp3) is 0.636. The minimum Gasteiger partial charge on any atom is -0.383 e. The number of amides is 1. The molecule has 1 amide bonds. The van der Waals surface area contributed by atoms with E-state index in [-0.39, 0.29) is 11.7 Å². The van der Waals surface area contributed by atoms with Crippen molar-refractivity contribution in [2.24, 2.45) is 0 Å². The van der Waals surface area contributed by atoms with E-state index in [9.17, 15) is 4.79 Å². The number of rotatable bonds is 8. The van der Waals surface area contributed by atoms with Crippen LogP contribution in [0.3, 0.4) is 0 Å². The highest BCUT2D eigenvalue weighted by Gasteiger charge is 2.19. The van der Waals surface area contributed by atoms with E-state index in [0.717, 1.165) is 6.54 Å². The predicted octanol–water partition coefficient (Wildman–Crippen LogP) is 0.0750. The lowest BCUT2D eigenvalue weighted by Crippen LogP contribution is -2.32. The molecule has 1 rings (SSSR count). The van der Waals surface area contributed by atoms with E-state index < -0.39 is 0 Å². The van der Waals surface area contributed by atoms with Gasteiger partial charge in [0.2, 0.25) is 0 Å². The van der Waals surface area contributed by atoms with Gasteiger partial charge in [-0.05, 0) is 7.05 Å². The van der Waals surface area contributed by atoms with Crippen molar-refractivity contribution in [2.75, 3.05) is 58.5 Å². The molecule has 0 atom stereocenters. The van der Waals surface area contributed by atoms with Crippen molar-refractivity contribution in [2.45, 2.75) is 0 Å². The smallest absolute Gasteiger partial charge is 0.267 e. The number of hydrogen-bond donors (Lipinski definition) is 3. The molecule has 19 heavy (non-hydrogen) atoms. The molecule has 0 fully saturated rings. The lowest BCUT2D eigenvalue weighted by Gasteiger charge is -2.15. The minimum atomic E-state index is -0.106. The molecular formula is C11H21N5O2S. The molecule has 1 aromatic heterocycles. The monoisotopic (exact) mass is 287 g/mol. The van der Waals surface area contributed by atoms with Crippen LogP contribution in [-0.4, -0.2) is 63.2 Å². The summed E-state index contributed by atoms with van der Waals surface area (Å²) in [5.41, 5.74) is 5.78. The number of nitrogen functional groups attached to an aromatic ring is 1. The van der Waals surface area contributed by atoms with Crippen molar-refractivity contribution in [3.8, 4) is 0 Å². The van der Waals surface area contributed by atoms with Gasteiger partial charge in [0.1, 0.15) is 10.7 Å². The van der Waals surface area contributed by atoms with Crippen LogP contribution in [-0.2, 0) is 4.74 Å². The summed E-state index contributed by atoms with van der Waals surface area (Å²) in [6, 6.07) is 0. The average molecular weight is 287 g/mol. The number of nitrogens with zero attached hydrogens (tertiary/aromatic N) is 2. The van der Waals surface area contributed by atoms with Crippen LogP contribution in [0.15, 0.2) is 0 Å². The summed E-state index contributed by atoms with van der Waals surface area (Å²) in [5.74, 6) is 0.163. The molecule has 1 heterocycles. The van der Waals surface area contributed by atoms with Gasteiger partial charge in [0.15, 0.2) is 5.13 Å². The van der Waals surface area contributed by atoms with Crippen molar-refractivity contribution in [3.05, 3.63) is 4.88 Å². The number of aromatic nitrogens is 1. The number of nitrogens with one attached hydrogen (secondary N) is 2. The van der Waals surface area contributed by atoms with Crippen LogP contribution in [0.1, 0.15) is 9.67 Å². The highest BCUT2D eigenvalue weighted by atomic mass is 32.1. The van der Waals surface area contributed by atoms with Crippen LogP contribution in [0, 0.1) is 0 Å². The zero-order valence-corrected chi connectivity index (χ0v) is 12.3. The summed E-state index contributed by atoms with van der Waals surface area (Å²) in [6.45, 7) is 2.57. The van der Waals surface area contributed by atoms with Gasteiger partial charge in [0.05, 0.1) is 6.61 Å². The molecule has 0 aliphatic heterocycles. The largest absolute Gasteiger partial charge is 0.383 e. The Morgan fingerprint density at radius 2 is 2.26 bits per heavy atom. The Morgan fingerprint density at radius 1 is 1.53 bits per heavy atom. The molecular weight excluding hydrogens is 266 g/mol. The molecule has 0 aliphatic rings. The van der Waals surface area contributed by atoms with Crippen molar-refractivity contribution < 1.29 is 9.53 Å². The molecule has 0 unspecified atom stereocenters. The Bertz CT molecular complexity index is 410. The standard InChI is InChI=1S/C11H21N5O2S/c1-13-4-6-16(2)10(17)8-9(12)15-11(19-8)14-5-7-18-3/h13H,4-7,12H2,1-3H3,(H,14,15). The lowest BCUT2D eigenvalue weighted by atomic mass is 10.4. The van der Waals surface area contributed by atoms with Gasteiger partial charge in [-0.15, -0.1) is 0 Å². The third kappa shape index (κ3) is 4.66. The number of carbonyl (C=O) groups is 1. The maximum absolute atomic E-state index is 12.2. The summed E-state index contributed by atoms with van der Waals surface area (Å²) in [5, 5.41) is 6.70. The van der Waals surface area contributed by atoms with E-state index in [0.29, 0.717) is 29.7 Å². The highest BCUT2D eigenvalue weighted by Crippen LogP contribution is 2.25. The number of nitrogens with two attached hydrogens (primary N) is 1. The van der Waals surface area contributed by atoms with Crippen molar-refractivity contribution in [1.82, 2.24) is 15.2 Å². The Labute approximate surface area is 117 Å². The molecule has 1 aromatic rings. The van der Waals surface area contributed by atoms with Crippen LogP contribution in [0.2, 0.25) is 0 Å². The van der Waals surface area contributed by atoms with Crippen molar-refractivity contribution >= 4 is 28.2 Å². The van der Waals surface area contributed by atoms with Crippen LogP contribution < -0.4 is 16.4 Å². The first-order valence-electron chi connectivity index (χ1n) is 5.99. The minimum absolute atomic E-state index is 0.106. The van der Waals surface area contributed by atoms with E-state index in [1.165, 1.54) is 11.3 Å². The summed E-state index contributed by atoms with van der Waals surface area (Å²) in [6.07, 6.45) is 0. The SMILES string of the molecule is CNCCN(C)C(=O)c1sc(NCCOC)nc1N. The third-order valence-electron chi connectivity index (χ3n) is 2.47. The molecule has 0 saturated heterocycles. The number of likely N-dealkylation sites (N-methyl/N-ethyl adjacent to an activating group) is 2. The Balaban J connectivity index is 2.64. The topological polar surface area (TPSA) is 92.5 Å². The van der Waals surface area contributed by atoms with Gasteiger partial charge in [-0.2, -0.15) is 0 Å². The molecule has 0 aliphatic carbocycles. The molecule has 0 bridgehead atoms. The maximum atomic E-state index is 12.2. The Hall–Kier alpha value is -1.38. The first-order valence-corrected chi connectivity index (χ1v) is 6.81. The van der Waals surface area contributed by atoms with Gasteiger partial charge in [0, 0.05) is 33.8 Å². The fourth-order valence-electron chi connectivity index (χ4n) is 1.38. The van der Waals surface area contributed by atoms with Gasteiger partial charge >= 0.3 is 0 Å². The molecule has 7 nitrogen and oxygen atoms in total. The Morgan fingerprint density at radius 3 is 2.89 bits per heavy atom. The van der Waals surface area contributed by atoms with Gasteiger partial charge in [-0.25, -0.2) is 4.98 Å². The maximum Gasteiger partial charge on any atom is 0.267 e. The van der Waals surface area contributed by atoms with Gasteiger partial charge in [-0.3, -0.25) is 4.79 Å². The summed E-state index contributed by atoms with van der Waals surface area (Å²) < 4.78 is 4.93. The molecule has 0 radical (unpaired) electrons. The summed E-state index contributed by atoms with van der Waals surface area (Å²) in [7, 11) is 5.22. The highest BCUT2D eigenvalue weighted by molar-refractivity contribution is 7.18. The normalized spacial score (nSPS) is 10.5. The molecule has 0 saturated carbocycles. The molecule has 4 N–H and O–H groups in total. The second-order valence-corrected chi connectivity index (χ2v) is 4.98. The third-order valence-corrected chi connectivity index (χ3v) is 3.49. The summed E-state index contributed by atoms with van der Waals surface area (Å²) in [4.78, 5) is 18.4. The second-order valence-electron chi connectivity index (χ2n) is 3.98. The molecule has 0 aromatic carbocycles. The van der Waals surface area contributed by atoms with Gasteiger partial charge < -0.3 is 26.0 Å². The summed E-state index contributed by atoms with van der Waals surface area (Å²) >= 11 is 1.27. The Kier molecular flexibility index (Phi) is 6.54. The van der Waals surface area contributed by atoms with E-state index >= 15 is 0 Å². The van der Waals surface area contributed by atoms with Crippen LogP contribution in [0.4, 0.5) is 10.9 Å². The number of thiazole rings is 1. The van der Waals surface area contributed by atoms with Crippen LogP contribution >= 0.6 is 11.3 Å². The van der Waals surface area contributed by atoms with Crippen molar-refractivity contribution in [1.29, 1.82) is 0 Å².